The van der Waals surface area contributed by atoms with Crippen LogP contribution in [0.4, 0.5) is 0 Å². The minimum Gasteiger partial charge on any atom is -0.491 e. The molecule has 1 heterocycles. The van der Waals surface area contributed by atoms with Crippen molar-refractivity contribution in [3.8, 4) is 5.75 Å². The molecule has 1 aliphatic heterocycles. The molecule has 122 valence electrons. The summed E-state index contributed by atoms with van der Waals surface area (Å²) in [5.74, 6) is 1.33. The number of benzene rings is 2. The van der Waals surface area contributed by atoms with Crippen molar-refractivity contribution in [2.45, 2.75) is 26.4 Å². The zero-order valence-electron chi connectivity index (χ0n) is 13.8. The van der Waals surface area contributed by atoms with Crippen LogP contribution in [0.25, 0.3) is 6.08 Å². The Kier molecular flexibility index (Phi) is 4.75. The fraction of sp³-hybridized carbons (Fsp3) is 0.200. The Hall–Kier alpha value is -2.88. The summed E-state index contributed by atoms with van der Waals surface area (Å²) in [6, 6.07) is 17.6. The molecular formula is C20H20N2O2. The van der Waals surface area contributed by atoms with Gasteiger partial charge in [0.1, 0.15) is 17.3 Å². The van der Waals surface area contributed by atoms with Gasteiger partial charge in [0.2, 0.25) is 0 Å². The monoisotopic (exact) mass is 320 g/mol. The fourth-order valence-electron chi connectivity index (χ4n) is 2.46. The SMILES string of the molecule is CC(C)Oc1ccc(/C=C2/N=C(Cc3ccccc3)NC2=O)cc1. The van der Waals surface area contributed by atoms with Crippen molar-refractivity contribution in [3.63, 3.8) is 0 Å². The van der Waals surface area contributed by atoms with Gasteiger partial charge >= 0.3 is 0 Å². The van der Waals surface area contributed by atoms with Crippen molar-refractivity contribution in [1.82, 2.24) is 5.32 Å². The molecular weight excluding hydrogens is 300 g/mol. The molecule has 0 spiro atoms. The van der Waals surface area contributed by atoms with Gasteiger partial charge in [0.05, 0.1) is 6.10 Å². The van der Waals surface area contributed by atoms with E-state index in [0.29, 0.717) is 18.0 Å². The zero-order chi connectivity index (χ0) is 16.9. The van der Waals surface area contributed by atoms with Crippen molar-refractivity contribution in [2.24, 2.45) is 4.99 Å². The van der Waals surface area contributed by atoms with E-state index in [1.54, 1.807) is 6.08 Å². The van der Waals surface area contributed by atoms with Crippen LogP contribution >= 0.6 is 0 Å². The van der Waals surface area contributed by atoms with Gasteiger partial charge in [0, 0.05) is 6.42 Å². The normalized spacial score (nSPS) is 15.5. The van der Waals surface area contributed by atoms with Gasteiger partial charge in [-0.1, -0.05) is 42.5 Å². The lowest BCUT2D eigenvalue weighted by molar-refractivity contribution is -0.115. The Balaban J connectivity index is 1.73. The van der Waals surface area contributed by atoms with Crippen molar-refractivity contribution in [3.05, 3.63) is 71.4 Å². The second-order valence-electron chi connectivity index (χ2n) is 5.94. The number of hydrogen-bond donors (Lipinski definition) is 1. The Morgan fingerprint density at radius 2 is 1.79 bits per heavy atom. The third-order valence-corrected chi connectivity index (χ3v) is 3.52. The highest BCUT2D eigenvalue weighted by Gasteiger charge is 2.19. The molecule has 1 N–H and O–H groups in total. The van der Waals surface area contributed by atoms with Crippen LogP contribution in [0.1, 0.15) is 25.0 Å². The summed E-state index contributed by atoms with van der Waals surface area (Å²) >= 11 is 0. The van der Waals surface area contributed by atoms with Crippen LogP contribution in [0, 0.1) is 0 Å². The highest BCUT2D eigenvalue weighted by Crippen LogP contribution is 2.18. The molecule has 2 aromatic rings. The largest absolute Gasteiger partial charge is 0.491 e. The minimum absolute atomic E-state index is 0.139. The van der Waals surface area contributed by atoms with Gasteiger partial charge < -0.3 is 10.1 Å². The number of ether oxygens (including phenoxy) is 1. The van der Waals surface area contributed by atoms with E-state index in [4.69, 9.17) is 4.74 Å². The molecule has 0 radical (unpaired) electrons. The molecule has 24 heavy (non-hydrogen) atoms. The van der Waals surface area contributed by atoms with Gasteiger partial charge in [-0.15, -0.1) is 0 Å². The fourth-order valence-corrected chi connectivity index (χ4v) is 2.46. The van der Waals surface area contributed by atoms with Crippen LogP contribution in [0.5, 0.6) is 5.75 Å². The molecule has 4 heteroatoms. The Morgan fingerprint density at radius 1 is 1.08 bits per heavy atom. The summed E-state index contributed by atoms with van der Waals surface area (Å²) in [6.07, 6.45) is 2.54. The number of hydrogen-bond acceptors (Lipinski definition) is 3. The number of carbonyl (C=O) groups is 1. The lowest BCUT2D eigenvalue weighted by atomic mass is 10.1. The molecule has 1 aliphatic rings. The van der Waals surface area contributed by atoms with Crippen molar-refractivity contribution in [2.75, 3.05) is 0 Å². The number of amidine groups is 1. The molecule has 0 fully saturated rings. The van der Waals surface area contributed by atoms with Crippen LogP contribution < -0.4 is 10.1 Å². The first kappa shape index (κ1) is 16.0. The molecule has 0 saturated carbocycles. The van der Waals surface area contributed by atoms with Gasteiger partial charge in [0.15, 0.2) is 0 Å². The van der Waals surface area contributed by atoms with Gasteiger partial charge in [0.25, 0.3) is 5.91 Å². The zero-order valence-corrected chi connectivity index (χ0v) is 13.8. The first-order valence-electron chi connectivity index (χ1n) is 8.01. The second-order valence-corrected chi connectivity index (χ2v) is 5.94. The lowest BCUT2D eigenvalue weighted by Gasteiger charge is -2.09. The van der Waals surface area contributed by atoms with Crippen molar-refractivity contribution < 1.29 is 9.53 Å². The second kappa shape index (κ2) is 7.13. The minimum atomic E-state index is -0.163. The third-order valence-electron chi connectivity index (χ3n) is 3.52. The topological polar surface area (TPSA) is 50.7 Å². The molecule has 0 atom stereocenters. The molecule has 0 saturated heterocycles. The molecule has 0 aliphatic carbocycles. The first-order chi connectivity index (χ1) is 11.6. The van der Waals surface area contributed by atoms with Crippen LogP contribution in [0.2, 0.25) is 0 Å². The first-order valence-corrected chi connectivity index (χ1v) is 8.01. The van der Waals surface area contributed by atoms with Gasteiger partial charge in [-0.2, -0.15) is 0 Å². The van der Waals surface area contributed by atoms with E-state index in [-0.39, 0.29) is 12.0 Å². The maximum atomic E-state index is 12.1. The van der Waals surface area contributed by atoms with Crippen LogP contribution in [0.3, 0.4) is 0 Å². The average Bonchev–Trinajstić information content (AvgIpc) is 2.89. The molecule has 0 bridgehead atoms. The van der Waals surface area contributed by atoms with Gasteiger partial charge in [-0.3, -0.25) is 4.79 Å². The van der Waals surface area contributed by atoms with E-state index in [0.717, 1.165) is 16.9 Å². The number of carbonyl (C=O) groups excluding carboxylic acids is 1. The van der Waals surface area contributed by atoms with E-state index in [1.165, 1.54) is 0 Å². The number of nitrogens with one attached hydrogen (secondary N) is 1. The van der Waals surface area contributed by atoms with Gasteiger partial charge in [-0.25, -0.2) is 4.99 Å². The van der Waals surface area contributed by atoms with E-state index in [1.807, 2.05) is 68.4 Å². The Bertz CT molecular complexity index is 775. The van der Waals surface area contributed by atoms with E-state index in [9.17, 15) is 4.79 Å². The number of nitrogens with zero attached hydrogens (tertiary/aromatic N) is 1. The van der Waals surface area contributed by atoms with Crippen LogP contribution in [0.15, 0.2) is 65.3 Å². The van der Waals surface area contributed by atoms with E-state index < -0.39 is 0 Å². The summed E-state index contributed by atoms with van der Waals surface area (Å²) in [5.41, 5.74) is 2.47. The quantitative estimate of drug-likeness (QED) is 0.856. The van der Waals surface area contributed by atoms with Crippen LogP contribution in [-0.2, 0) is 11.2 Å². The standard InChI is InChI=1S/C20H20N2O2/c1-14(2)24-17-10-8-16(9-11-17)12-18-20(23)22-19(21-18)13-15-6-4-3-5-7-15/h3-12,14H,13H2,1-2H3,(H,21,22,23)/b18-12+. The molecule has 4 nitrogen and oxygen atoms in total. The number of rotatable bonds is 5. The van der Waals surface area contributed by atoms with Gasteiger partial charge in [-0.05, 0) is 43.2 Å². The third kappa shape index (κ3) is 4.10. The summed E-state index contributed by atoms with van der Waals surface area (Å²) in [6.45, 7) is 3.98. The summed E-state index contributed by atoms with van der Waals surface area (Å²) in [5, 5.41) is 2.83. The summed E-state index contributed by atoms with van der Waals surface area (Å²) in [4.78, 5) is 16.5. The Labute approximate surface area is 141 Å². The predicted octanol–water partition coefficient (Wildman–Crippen LogP) is 3.59. The lowest BCUT2D eigenvalue weighted by Crippen LogP contribution is -2.25. The summed E-state index contributed by atoms with van der Waals surface area (Å²) in [7, 11) is 0. The Morgan fingerprint density at radius 3 is 2.46 bits per heavy atom. The highest BCUT2D eigenvalue weighted by molar-refractivity contribution is 6.14. The maximum absolute atomic E-state index is 12.1. The number of amides is 1. The molecule has 0 aromatic heterocycles. The van der Waals surface area contributed by atoms with Crippen molar-refractivity contribution in [1.29, 1.82) is 0 Å². The molecule has 3 rings (SSSR count). The number of aliphatic imine (C=N–C) groups is 1. The van der Waals surface area contributed by atoms with Crippen LogP contribution in [-0.4, -0.2) is 17.8 Å². The smallest absolute Gasteiger partial charge is 0.275 e. The molecule has 2 aromatic carbocycles. The predicted molar refractivity (Wildman–Crippen MR) is 95.9 cm³/mol. The summed E-state index contributed by atoms with van der Waals surface area (Å²) < 4.78 is 5.62. The van der Waals surface area contributed by atoms with E-state index in [2.05, 4.69) is 10.3 Å². The highest BCUT2D eigenvalue weighted by atomic mass is 16.5. The molecule has 0 unspecified atom stereocenters. The van der Waals surface area contributed by atoms with Crippen molar-refractivity contribution >= 4 is 17.8 Å². The van der Waals surface area contributed by atoms with E-state index >= 15 is 0 Å². The maximum Gasteiger partial charge on any atom is 0.275 e. The molecule has 1 amide bonds. The average molecular weight is 320 g/mol.